The van der Waals surface area contributed by atoms with Gasteiger partial charge in [0.25, 0.3) is 0 Å². The lowest BCUT2D eigenvalue weighted by molar-refractivity contribution is -0.149. The Hall–Kier alpha value is -0.790. The third-order valence-corrected chi connectivity index (χ3v) is 3.03. The van der Waals surface area contributed by atoms with Gasteiger partial charge in [-0.05, 0) is 5.92 Å². The van der Waals surface area contributed by atoms with Crippen LogP contribution in [0.5, 0.6) is 0 Å². The second-order valence-electron chi connectivity index (χ2n) is 4.11. The SMILES string of the molecule is CC(C)[C@H](N)C(=O)C(C(=O)O)C(N)C(=O)CBr. The number of aliphatic carboxylic acids is 1. The summed E-state index contributed by atoms with van der Waals surface area (Å²) in [6.07, 6.45) is 0. The monoisotopic (exact) mass is 308 g/mol. The molecule has 17 heavy (non-hydrogen) atoms. The number of halogens is 1. The van der Waals surface area contributed by atoms with E-state index in [4.69, 9.17) is 16.6 Å². The summed E-state index contributed by atoms with van der Waals surface area (Å²) in [7, 11) is 0. The Morgan fingerprint density at radius 1 is 1.18 bits per heavy atom. The molecule has 0 amide bonds. The van der Waals surface area contributed by atoms with Gasteiger partial charge in [-0.2, -0.15) is 0 Å². The van der Waals surface area contributed by atoms with Gasteiger partial charge in [-0.3, -0.25) is 14.4 Å². The van der Waals surface area contributed by atoms with E-state index >= 15 is 0 Å². The van der Waals surface area contributed by atoms with Crippen LogP contribution in [0.1, 0.15) is 13.8 Å². The van der Waals surface area contributed by atoms with Crippen molar-refractivity contribution in [2.45, 2.75) is 25.9 Å². The van der Waals surface area contributed by atoms with Crippen molar-refractivity contribution in [2.24, 2.45) is 23.3 Å². The first-order valence-corrected chi connectivity index (χ1v) is 6.22. The summed E-state index contributed by atoms with van der Waals surface area (Å²) < 4.78 is 0. The van der Waals surface area contributed by atoms with Crippen molar-refractivity contribution >= 4 is 33.5 Å². The van der Waals surface area contributed by atoms with Gasteiger partial charge in [0.2, 0.25) is 0 Å². The molecule has 0 radical (unpaired) electrons. The molecule has 0 saturated carbocycles. The lowest BCUT2D eigenvalue weighted by Gasteiger charge is -2.22. The Morgan fingerprint density at radius 3 is 1.94 bits per heavy atom. The number of hydrogen-bond donors (Lipinski definition) is 3. The van der Waals surface area contributed by atoms with E-state index in [0.29, 0.717) is 0 Å². The Bertz CT molecular complexity index is 319. The zero-order chi connectivity index (χ0) is 13.7. The fourth-order valence-electron chi connectivity index (χ4n) is 1.26. The second-order valence-corrected chi connectivity index (χ2v) is 4.67. The van der Waals surface area contributed by atoms with Gasteiger partial charge in [-0.1, -0.05) is 29.8 Å². The summed E-state index contributed by atoms with van der Waals surface area (Å²) in [6, 6.07) is -2.31. The average molecular weight is 309 g/mol. The summed E-state index contributed by atoms with van der Waals surface area (Å²) in [6.45, 7) is 3.39. The van der Waals surface area contributed by atoms with Gasteiger partial charge in [0.1, 0.15) is 5.92 Å². The van der Waals surface area contributed by atoms with E-state index in [1.165, 1.54) is 0 Å². The van der Waals surface area contributed by atoms with Crippen LogP contribution < -0.4 is 11.5 Å². The lowest BCUT2D eigenvalue weighted by atomic mass is 9.86. The Morgan fingerprint density at radius 2 is 1.65 bits per heavy atom. The molecule has 0 aliphatic rings. The molecule has 0 fully saturated rings. The predicted octanol–water partition coefficient (Wildman–Crippen LogP) is -0.469. The Kier molecular flexibility index (Phi) is 6.51. The van der Waals surface area contributed by atoms with Crippen LogP contribution >= 0.6 is 15.9 Å². The second kappa shape index (κ2) is 6.83. The van der Waals surface area contributed by atoms with E-state index in [-0.39, 0.29) is 11.2 Å². The van der Waals surface area contributed by atoms with Crippen molar-refractivity contribution < 1.29 is 19.5 Å². The number of Topliss-reactive ketones (excluding diaryl/α,β-unsaturated/α-hetero) is 2. The molecule has 0 saturated heterocycles. The van der Waals surface area contributed by atoms with E-state index in [9.17, 15) is 14.4 Å². The normalized spacial score (nSPS) is 16.4. The highest BCUT2D eigenvalue weighted by atomic mass is 79.9. The maximum absolute atomic E-state index is 11.8. The van der Waals surface area contributed by atoms with Gasteiger partial charge in [-0.15, -0.1) is 0 Å². The molecule has 0 aromatic heterocycles. The van der Waals surface area contributed by atoms with Crippen molar-refractivity contribution in [3.05, 3.63) is 0 Å². The van der Waals surface area contributed by atoms with Crippen LogP contribution in [0.3, 0.4) is 0 Å². The van der Waals surface area contributed by atoms with E-state index < -0.39 is 35.5 Å². The molecule has 0 aromatic rings. The molecule has 0 aliphatic heterocycles. The minimum atomic E-state index is -1.59. The molecular formula is C10H17BrN2O4. The van der Waals surface area contributed by atoms with Gasteiger partial charge in [0.15, 0.2) is 11.6 Å². The van der Waals surface area contributed by atoms with Crippen molar-refractivity contribution in [2.75, 3.05) is 5.33 Å². The molecule has 6 nitrogen and oxygen atoms in total. The quantitative estimate of drug-likeness (QED) is 0.431. The summed E-state index contributed by atoms with van der Waals surface area (Å²) in [4.78, 5) is 34.2. The highest BCUT2D eigenvalue weighted by Gasteiger charge is 2.39. The molecule has 0 aliphatic carbocycles. The minimum Gasteiger partial charge on any atom is -0.481 e. The van der Waals surface area contributed by atoms with Crippen molar-refractivity contribution in [1.29, 1.82) is 0 Å². The number of carbonyl (C=O) groups excluding carboxylic acids is 2. The molecule has 0 heterocycles. The molecule has 5 N–H and O–H groups in total. The highest BCUT2D eigenvalue weighted by Crippen LogP contribution is 2.12. The van der Waals surface area contributed by atoms with E-state index in [2.05, 4.69) is 15.9 Å². The smallest absolute Gasteiger partial charge is 0.316 e. The van der Waals surface area contributed by atoms with Crippen LogP contribution in [0.15, 0.2) is 0 Å². The first-order chi connectivity index (χ1) is 7.73. The maximum Gasteiger partial charge on any atom is 0.316 e. The van der Waals surface area contributed by atoms with Gasteiger partial charge >= 0.3 is 5.97 Å². The van der Waals surface area contributed by atoms with Crippen LogP contribution in [-0.2, 0) is 14.4 Å². The lowest BCUT2D eigenvalue weighted by Crippen LogP contribution is -2.52. The predicted molar refractivity (Wildman–Crippen MR) is 65.7 cm³/mol. The van der Waals surface area contributed by atoms with E-state index in [0.717, 1.165) is 0 Å². The zero-order valence-electron chi connectivity index (χ0n) is 9.72. The highest BCUT2D eigenvalue weighted by molar-refractivity contribution is 9.09. The van der Waals surface area contributed by atoms with Crippen molar-refractivity contribution in [1.82, 2.24) is 0 Å². The molecule has 0 rings (SSSR count). The largest absolute Gasteiger partial charge is 0.481 e. The molecule has 2 unspecified atom stereocenters. The van der Waals surface area contributed by atoms with Gasteiger partial charge in [0.05, 0.1) is 17.4 Å². The van der Waals surface area contributed by atoms with Crippen LogP contribution in [0.4, 0.5) is 0 Å². The fourth-order valence-corrected chi connectivity index (χ4v) is 1.64. The number of carboxylic acids is 1. The number of alkyl halides is 1. The standard InChI is InChI=1S/C10H17BrN2O4/c1-4(2)7(12)9(15)6(10(16)17)8(13)5(14)3-11/h4,6-8H,3,12-13H2,1-2H3,(H,16,17)/t6?,7-,8?/m0/s1. The third-order valence-electron chi connectivity index (χ3n) is 2.48. The summed E-state index contributed by atoms with van der Waals surface area (Å²) in [5.41, 5.74) is 11.1. The fraction of sp³-hybridized carbons (Fsp3) is 0.700. The minimum absolute atomic E-state index is 0.0951. The van der Waals surface area contributed by atoms with Crippen LogP contribution in [0, 0.1) is 11.8 Å². The summed E-state index contributed by atoms with van der Waals surface area (Å²) in [5.74, 6) is -4.48. The first kappa shape index (κ1) is 16.2. The number of ketones is 2. The van der Waals surface area contributed by atoms with Crippen molar-refractivity contribution in [3.8, 4) is 0 Å². The number of hydrogen-bond acceptors (Lipinski definition) is 5. The average Bonchev–Trinajstić information content (AvgIpc) is 2.25. The molecule has 0 aromatic carbocycles. The molecule has 98 valence electrons. The number of rotatable bonds is 7. The molecule has 7 heteroatoms. The number of nitrogens with two attached hydrogens (primary N) is 2. The molecule has 3 atom stereocenters. The van der Waals surface area contributed by atoms with Gasteiger partial charge in [-0.25, -0.2) is 0 Å². The van der Waals surface area contributed by atoms with Crippen LogP contribution in [-0.4, -0.2) is 40.1 Å². The zero-order valence-corrected chi connectivity index (χ0v) is 11.3. The molecule has 0 bridgehead atoms. The maximum atomic E-state index is 11.8. The number of carbonyl (C=O) groups is 3. The van der Waals surface area contributed by atoms with Crippen molar-refractivity contribution in [3.63, 3.8) is 0 Å². The topological polar surface area (TPSA) is 123 Å². The van der Waals surface area contributed by atoms with Gasteiger partial charge in [0, 0.05) is 0 Å². The molecule has 0 spiro atoms. The van der Waals surface area contributed by atoms with Crippen LogP contribution in [0.2, 0.25) is 0 Å². The first-order valence-electron chi connectivity index (χ1n) is 5.10. The Labute approximate surface area is 108 Å². The Balaban J connectivity index is 5.05. The van der Waals surface area contributed by atoms with Gasteiger partial charge < -0.3 is 16.6 Å². The summed E-state index contributed by atoms with van der Waals surface area (Å²) in [5, 5.41) is 8.87. The molecular weight excluding hydrogens is 292 g/mol. The van der Waals surface area contributed by atoms with E-state index in [1.54, 1.807) is 13.8 Å². The van der Waals surface area contributed by atoms with E-state index in [1.807, 2.05) is 0 Å². The summed E-state index contributed by atoms with van der Waals surface area (Å²) >= 11 is 2.88. The number of carboxylic acid groups (broad SMARTS) is 1. The van der Waals surface area contributed by atoms with Crippen LogP contribution in [0.25, 0.3) is 0 Å². The third kappa shape index (κ3) is 4.18.